The number of thiazole rings is 1. The standard InChI is InChI=1S/C18H14Cl2N2OS/c1-11-16(10-12-3-2-4-15(20)9-12)24-18(21-11)22-17(23)13-5-7-14(19)8-6-13/h2-9H,10H2,1H3,(H,21,22,23). The van der Waals surface area contributed by atoms with Crippen LogP contribution in [0.3, 0.4) is 0 Å². The Morgan fingerprint density at radius 3 is 2.58 bits per heavy atom. The summed E-state index contributed by atoms with van der Waals surface area (Å²) in [6, 6.07) is 14.5. The number of carbonyl (C=O) groups is 1. The number of benzene rings is 2. The van der Waals surface area contributed by atoms with Gasteiger partial charge in [-0.1, -0.05) is 35.3 Å². The van der Waals surface area contributed by atoms with Gasteiger partial charge in [-0.15, -0.1) is 11.3 Å². The van der Waals surface area contributed by atoms with Crippen LogP contribution in [0.15, 0.2) is 48.5 Å². The molecule has 0 aliphatic carbocycles. The lowest BCUT2D eigenvalue weighted by atomic mass is 10.1. The molecular formula is C18H14Cl2N2OS. The van der Waals surface area contributed by atoms with Crippen LogP contribution in [0.4, 0.5) is 5.13 Å². The molecule has 1 aromatic heterocycles. The van der Waals surface area contributed by atoms with Crippen LogP contribution in [-0.2, 0) is 6.42 Å². The van der Waals surface area contributed by atoms with Crippen LogP contribution in [0.1, 0.15) is 26.5 Å². The second kappa shape index (κ2) is 7.34. The van der Waals surface area contributed by atoms with Crippen LogP contribution in [0, 0.1) is 6.92 Å². The molecule has 0 bridgehead atoms. The maximum Gasteiger partial charge on any atom is 0.257 e. The number of halogens is 2. The number of rotatable bonds is 4. The van der Waals surface area contributed by atoms with Crippen molar-refractivity contribution in [3.8, 4) is 0 Å². The highest BCUT2D eigenvalue weighted by Crippen LogP contribution is 2.26. The summed E-state index contributed by atoms with van der Waals surface area (Å²) in [4.78, 5) is 17.8. The topological polar surface area (TPSA) is 42.0 Å². The lowest BCUT2D eigenvalue weighted by Crippen LogP contribution is -2.11. The van der Waals surface area contributed by atoms with Gasteiger partial charge in [0.25, 0.3) is 5.91 Å². The van der Waals surface area contributed by atoms with Crippen molar-refractivity contribution in [1.29, 1.82) is 0 Å². The van der Waals surface area contributed by atoms with Crippen molar-refractivity contribution >= 4 is 45.6 Å². The molecule has 1 heterocycles. The Balaban J connectivity index is 1.74. The third-order valence-corrected chi connectivity index (χ3v) is 5.03. The molecule has 3 rings (SSSR count). The largest absolute Gasteiger partial charge is 0.298 e. The average Bonchev–Trinajstić information content (AvgIpc) is 2.87. The predicted molar refractivity (Wildman–Crippen MR) is 101 cm³/mol. The summed E-state index contributed by atoms with van der Waals surface area (Å²) in [5, 5.41) is 4.73. The summed E-state index contributed by atoms with van der Waals surface area (Å²) in [7, 11) is 0. The van der Waals surface area contributed by atoms with E-state index in [1.165, 1.54) is 11.3 Å². The minimum Gasteiger partial charge on any atom is -0.298 e. The minimum absolute atomic E-state index is 0.199. The number of nitrogens with one attached hydrogen (secondary N) is 1. The maximum absolute atomic E-state index is 12.2. The monoisotopic (exact) mass is 376 g/mol. The van der Waals surface area contributed by atoms with Crippen molar-refractivity contribution in [3.05, 3.63) is 80.3 Å². The van der Waals surface area contributed by atoms with Crippen molar-refractivity contribution in [3.63, 3.8) is 0 Å². The van der Waals surface area contributed by atoms with Gasteiger partial charge in [0.05, 0.1) is 5.69 Å². The summed E-state index contributed by atoms with van der Waals surface area (Å²) < 4.78 is 0. The van der Waals surface area contributed by atoms with Gasteiger partial charge in [0.1, 0.15) is 0 Å². The van der Waals surface area contributed by atoms with Gasteiger partial charge in [-0.05, 0) is 48.9 Å². The zero-order valence-corrected chi connectivity index (χ0v) is 15.2. The zero-order chi connectivity index (χ0) is 17.1. The molecule has 122 valence electrons. The first kappa shape index (κ1) is 17.0. The molecule has 0 saturated heterocycles. The Morgan fingerprint density at radius 1 is 1.12 bits per heavy atom. The van der Waals surface area contributed by atoms with Crippen molar-refractivity contribution in [2.75, 3.05) is 5.32 Å². The van der Waals surface area contributed by atoms with Crippen LogP contribution in [-0.4, -0.2) is 10.9 Å². The summed E-state index contributed by atoms with van der Waals surface area (Å²) >= 11 is 13.3. The smallest absolute Gasteiger partial charge is 0.257 e. The molecule has 0 unspecified atom stereocenters. The normalized spacial score (nSPS) is 10.6. The van der Waals surface area contributed by atoms with E-state index in [0.717, 1.165) is 22.6 Å². The maximum atomic E-state index is 12.2. The molecule has 3 nitrogen and oxygen atoms in total. The molecule has 6 heteroatoms. The molecule has 0 aliphatic heterocycles. The fourth-order valence-electron chi connectivity index (χ4n) is 2.25. The first-order chi connectivity index (χ1) is 11.5. The van der Waals surface area contributed by atoms with Crippen LogP contribution in [0.2, 0.25) is 10.0 Å². The van der Waals surface area contributed by atoms with Crippen molar-refractivity contribution in [2.24, 2.45) is 0 Å². The summed E-state index contributed by atoms with van der Waals surface area (Å²) in [5.74, 6) is -0.199. The van der Waals surface area contributed by atoms with Crippen molar-refractivity contribution in [1.82, 2.24) is 4.98 Å². The molecule has 0 spiro atoms. The molecule has 24 heavy (non-hydrogen) atoms. The second-order valence-electron chi connectivity index (χ2n) is 5.30. The second-order valence-corrected chi connectivity index (χ2v) is 7.25. The lowest BCUT2D eigenvalue weighted by Gasteiger charge is -2.01. The molecular weight excluding hydrogens is 363 g/mol. The van der Waals surface area contributed by atoms with E-state index < -0.39 is 0 Å². The van der Waals surface area contributed by atoms with E-state index in [9.17, 15) is 4.79 Å². The van der Waals surface area contributed by atoms with Crippen LogP contribution in [0.5, 0.6) is 0 Å². The molecule has 0 fully saturated rings. The molecule has 0 saturated carbocycles. The Kier molecular flexibility index (Phi) is 5.19. The van der Waals surface area contributed by atoms with Gasteiger partial charge >= 0.3 is 0 Å². The van der Waals surface area contributed by atoms with Gasteiger partial charge in [0, 0.05) is 26.9 Å². The third-order valence-electron chi connectivity index (χ3n) is 3.47. The van der Waals surface area contributed by atoms with Crippen molar-refractivity contribution < 1.29 is 4.79 Å². The molecule has 2 aromatic carbocycles. The van der Waals surface area contributed by atoms with E-state index in [2.05, 4.69) is 10.3 Å². The number of aryl methyl sites for hydroxylation is 1. The first-order valence-electron chi connectivity index (χ1n) is 7.29. The number of hydrogen-bond donors (Lipinski definition) is 1. The summed E-state index contributed by atoms with van der Waals surface area (Å²) in [6.45, 7) is 1.94. The fraction of sp³-hybridized carbons (Fsp3) is 0.111. The Morgan fingerprint density at radius 2 is 1.88 bits per heavy atom. The van der Waals surface area contributed by atoms with Crippen molar-refractivity contribution in [2.45, 2.75) is 13.3 Å². The van der Waals surface area contributed by atoms with E-state index in [-0.39, 0.29) is 5.91 Å². The van der Waals surface area contributed by atoms with Gasteiger partial charge in [0.15, 0.2) is 5.13 Å². The van der Waals surface area contributed by atoms with Gasteiger partial charge in [-0.3, -0.25) is 10.1 Å². The van der Waals surface area contributed by atoms with E-state index in [1.54, 1.807) is 24.3 Å². The minimum atomic E-state index is -0.199. The number of amides is 1. The predicted octanol–water partition coefficient (Wildman–Crippen LogP) is 5.60. The first-order valence-corrected chi connectivity index (χ1v) is 8.86. The van der Waals surface area contributed by atoms with Gasteiger partial charge in [-0.2, -0.15) is 0 Å². The fourth-order valence-corrected chi connectivity index (χ4v) is 3.58. The quantitative estimate of drug-likeness (QED) is 0.643. The number of nitrogens with zero attached hydrogens (tertiary/aromatic N) is 1. The Labute approximate surface area is 154 Å². The molecule has 1 N–H and O–H groups in total. The van der Waals surface area contributed by atoms with Crippen LogP contribution < -0.4 is 5.32 Å². The molecule has 3 aromatic rings. The molecule has 1 amide bonds. The van der Waals surface area contributed by atoms with E-state index in [1.807, 2.05) is 31.2 Å². The average molecular weight is 377 g/mol. The summed E-state index contributed by atoms with van der Waals surface area (Å²) in [5.41, 5.74) is 2.57. The number of anilines is 1. The molecule has 0 aliphatic rings. The highest BCUT2D eigenvalue weighted by molar-refractivity contribution is 7.15. The van der Waals surface area contributed by atoms with E-state index in [4.69, 9.17) is 23.2 Å². The van der Waals surface area contributed by atoms with Gasteiger partial charge < -0.3 is 0 Å². The highest BCUT2D eigenvalue weighted by Gasteiger charge is 2.12. The van der Waals surface area contributed by atoms with Crippen LogP contribution >= 0.6 is 34.5 Å². The van der Waals surface area contributed by atoms with E-state index in [0.29, 0.717) is 20.7 Å². The Bertz CT molecular complexity index is 875. The van der Waals surface area contributed by atoms with Gasteiger partial charge in [0.2, 0.25) is 0 Å². The SMILES string of the molecule is Cc1nc(NC(=O)c2ccc(Cl)cc2)sc1Cc1cccc(Cl)c1. The number of hydrogen-bond acceptors (Lipinski definition) is 3. The number of carbonyl (C=O) groups excluding carboxylic acids is 1. The Hall–Kier alpha value is -1.88. The molecule has 0 atom stereocenters. The number of aromatic nitrogens is 1. The molecule has 0 radical (unpaired) electrons. The zero-order valence-electron chi connectivity index (χ0n) is 12.8. The highest BCUT2D eigenvalue weighted by atomic mass is 35.5. The third kappa shape index (κ3) is 4.15. The van der Waals surface area contributed by atoms with E-state index >= 15 is 0 Å². The lowest BCUT2D eigenvalue weighted by molar-refractivity contribution is 0.102. The van der Waals surface area contributed by atoms with Gasteiger partial charge in [-0.25, -0.2) is 4.98 Å². The van der Waals surface area contributed by atoms with Crippen LogP contribution in [0.25, 0.3) is 0 Å². The summed E-state index contributed by atoms with van der Waals surface area (Å²) in [6.07, 6.45) is 0.737.